The highest BCUT2D eigenvalue weighted by atomic mass is 32.2. The molecule has 0 spiro atoms. The van der Waals surface area contributed by atoms with Crippen LogP contribution in [0.3, 0.4) is 0 Å². The highest BCUT2D eigenvalue weighted by molar-refractivity contribution is 7.99. The second-order valence-corrected chi connectivity index (χ2v) is 8.83. The molecular weight excluding hydrogens is 360 g/mol. The molecule has 1 rings (SSSR count). The molecule has 0 radical (unpaired) electrons. The van der Waals surface area contributed by atoms with Crippen LogP contribution in [0.2, 0.25) is 0 Å². The SMILES string of the molecule is CCCCCCCCSc1nc(NC)nc(SCCCCCCCC)n1. The molecule has 0 atom stereocenters. The lowest BCUT2D eigenvalue weighted by Crippen LogP contribution is -2.02. The molecule has 0 aliphatic rings. The number of hydrogen-bond donors (Lipinski definition) is 1. The quantitative estimate of drug-likeness (QED) is 0.229. The van der Waals surface area contributed by atoms with Gasteiger partial charge in [-0.15, -0.1) is 0 Å². The molecule has 1 heterocycles. The fourth-order valence-electron chi connectivity index (χ4n) is 2.67. The Morgan fingerprint density at radius 1 is 0.615 bits per heavy atom. The maximum Gasteiger partial charge on any atom is 0.227 e. The van der Waals surface area contributed by atoms with Crippen molar-refractivity contribution in [2.24, 2.45) is 0 Å². The molecular formula is C20H38N4S2. The third kappa shape index (κ3) is 12.0. The van der Waals surface area contributed by atoms with Crippen LogP contribution in [0.15, 0.2) is 10.3 Å². The summed E-state index contributed by atoms with van der Waals surface area (Å²) < 4.78 is 0. The van der Waals surface area contributed by atoms with Crippen molar-refractivity contribution in [2.75, 3.05) is 23.9 Å². The van der Waals surface area contributed by atoms with Crippen LogP contribution in [0.1, 0.15) is 90.9 Å². The summed E-state index contributed by atoms with van der Waals surface area (Å²) in [5.74, 6) is 2.89. The van der Waals surface area contributed by atoms with Crippen molar-refractivity contribution in [1.82, 2.24) is 15.0 Å². The Kier molecular flexibility index (Phi) is 15.1. The summed E-state index contributed by atoms with van der Waals surface area (Å²) >= 11 is 3.53. The fraction of sp³-hybridized carbons (Fsp3) is 0.850. The van der Waals surface area contributed by atoms with Gasteiger partial charge >= 0.3 is 0 Å². The van der Waals surface area contributed by atoms with Crippen molar-refractivity contribution >= 4 is 29.5 Å². The normalized spacial score (nSPS) is 11.0. The van der Waals surface area contributed by atoms with Crippen molar-refractivity contribution in [3.63, 3.8) is 0 Å². The summed E-state index contributed by atoms with van der Waals surface area (Å²) in [6, 6.07) is 0. The molecule has 6 heteroatoms. The third-order valence-corrected chi connectivity index (χ3v) is 6.14. The summed E-state index contributed by atoms with van der Waals surface area (Å²) in [5, 5.41) is 4.80. The van der Waals surface area contributed by atoms with Crippen LogP contribution < -0.4 is 5.32 Å². The zero-order valence-electron chi connectivity index (χ0n) is 17.1. The van der Waals surface area contributed by atoms with Gasteiger partial charge in [-0.1, -0.05) is 102 Å². The van der Waals surface area contributed by atoms with E-state index in [1.807, 2.05) is 7.05 Å². The Morgan fingerprint density at radius 3 is 1.46 bits per heavy atom. The van der Waals surface area contributed by atoms with E-state index < -0.39 is 0 Å². The first-order valence-corrected chi connectivity index (χ1v) is 12.5. The van der Waals surface area contributed by atoms with E-state index >= 15 is 0 Å². The van der Waals surface area contributed by atoms with Crippen LogP contribution in [-0.4, -0.2) is 33.5 Å². The minimum absolute atomic E-state index is 0.691. The molecule has 150 valence electrons. The molecule has 0 unspecified atom stereocenters. The largest absolute Gasteiger partial charge is 0.357 e. The number of nitrogens with zero attached hydrogens (tertiary/aromatic N) is 3. The topological polar surface area (TPSA) is 50.7 Å². The van der Waals surface area contributed by atoms with Crippen LogP contribution in [0.25, 0.3) is 0 Å². The van der Waals surface area contributed by atoms with Gasteiger partial charge in [0.25, 0.3) is 0 Å². The first-order chi connectivity index (χ1) is 12.8. The molecule has 0 bridgehead atoms. The molecule has 1 N–H and O–H groups in total. The van der Waals surface area contributed by atoms with Gasteiger partial charge in [-0.2, -0.15) is 15.0 Å². The molecule has 1 aromatic heterocycles. The molecule has 0 saturated carbocycles. The average Bonchev–Trinajstić information content (AvgIpc) is 2.66. The van der Waals surface area contributed by atoms with E-state index in [2.05, 4.69) is 34.1 Å². The Bertz CT molecular complexity index is 421. The molecule has 0 aromatic carbocycles. The maximum atomic E-state index is 4.64. The lowest BCUT2D eigenvalue weighted by molar-refractivity contribution is 0.626. The highest BCUT2D eigenvalue weighted by Crippen LogP contribution is 2.22. The van der Waals surface area contributed by atoms with Crippen molar-refractivity contribution in [3.05, 3.63) is 0 Å². The first kappa shape index (κ1) is 23.5. The maximum absolute atomic E-state index is 4.64. The Balaban J connectivity index is 2.28. The summed E-state index contributed by atoms with van der Waals surface area (Å²) in [6.07, 6.45) is 15.9. The van der Waals surface area contributed by atoms with Gasteiger partial charge in [-0.05, 0) is 12.8 Å². The van der Waals surface area contributed by atoms with E-state index in [1.165, 1.54) is 77.0 Å². The Morgan fingerprint density at radius 2 is 1.04 bits per heavy atom. The number of thioether (sulfide) groups is 2. The van der Waals surface area contributed by atoms with Crippen LogP contribution in [0.5, 0.6) is 0 Å². The number of anilines is 1. The Labute approximate surface area is 169 Å². The van der Waals surface area contributed by atoms with Crippen molar-refractivity contribution in [1.29, 1.82) is 0 Å². The number of rotatable bonds is 17. The zero-order valence-corrected chi connectivity index (χ0v) is 18.7. The minimum atomic E-state index is 0.691. The summed E-state index contributed by atoms with van der Waals surface area (Å²) in [6.45, 7) is 4.52. The molecule has 4 nitrogen and oxygen atoms in total. The van der Waals surface area contributed by atoms with Crippen LogP contribution >= 0.6 is 23.5 Å². The lowest BCUT2D eigenvalue weighted by Gasteiger charge is -2.06. The summed E-state index contributed by atoms with van der Waals surface area (Å²) in [4.78, 5) is 13.6. The van der Waals surface area contributed by atoms with Gasteiger partial charge in [-0.3, -0.25) is 0 Å². The summed E-state index contributed by atoms with van der Waals surface area (Å²) in [5.41, 5.74) is 0. The molecule has 0 aliphatic carbocycles. The smallest absolute Gasteiger partial charge is 0.227 e. The average molecular weight is 399 g/mol. The predicted molar refractivity (Wildman–Crippen MR) is 118 cm³/mol. The number of unbranched alkanes of at least 4 members (excludes halogenated alkanes) is 10. The minimum Gasteiger partial charge on any atom is -0.357 e. The van der Waals surface area contributed by atoms with Gasteiger partial charge in [0, 0.05) is 18.6 Å². The molecule has 0 amide bonds. The van der Waals surface area contributed by atoms with Crippen LogP contribution in [-0.2, 0) is 0 Å². The van der Waals surface area contributed by atoms with Crippen molar-refractivity contribution < 1.29 is 0 Å². The fourth-order valence-corrected chi connectivity index (χ4v) is 4.39. The molecule has 26 heavy (non-hydrogen) atoms. The first-order valence-electron chi connectivity index (χ1n) is 10.5. The second kappa shape index (κ2) is 16.7. The van der Waals surface area contributed by atoms with E-state index in [-0.39, 0.29) is 0 Å². The van der Waals surface area contributed by atoms with E-state index in [9.17, 15) is 0 Å². The Hall–Kier alpha value is -0.490. The number of nitrogens with one attached hydrogen (secondary N) is 1. The number of aromatic nitrogens is 3. The highest BCUT2D eigenvalue weighted by Gasteiger charge is 2.07. The summed E-state index contributed by atoms with van der Waals surface area (Å²) in [7, 11) is 1.87. The van der Waals surface area contributed by atoms with E-state index in [0.717, 1.165) is 21.8 Å². The van der Waals surface area contributed by atoms with Gasteiger partial charge in [0.1, 0.15) is 0 Å². The van der Waals surface area contributed by atoms with E-state index in [1.54, 1.807) is 23.5 Å². The van der Waals surface area contributed by atoms with Crippen LogP contribution in [0, 0.1) is 0 Å². The van der Waals surface area contributed by atoms with E-state index in [0.29, 0.717) is 5.95 Å². The molecule has 0 fully saturated rings. The standard InChI is InChI=1S/C20H38N4S2/c1-4-6-8-10-12-14-16-25-19-22-18(21-3)23-20(24-19)26-17-15-13-11-9-7-5-2/h4-17H2,1-3H3,(H,21,22,23,24). The van der Waals surface area contributed by atoms with Gasteiger partial charge in [0.05, 0.1) is 0 Å². The van der Waals surface area contributed by atoms with Gasteiger partial charge < -0.3 is 5.32 Å². The van der Waals surface area contributed by atoms with Crippen molar-refractivity contribution in [2.45, 2.75) is 101 Å². The van der Waals surface area contributed by atoms with Gasteiger partial charge in [-0.25, -0.2) is 0 Å². The molecule has 0 aliphatic heterocycles. The zero-order chi connectivity index (χ0) is 18.9. The third-order valence-electron chi connectivity index (χ3n) is 4.28. The van der Waals surface area contributed by atoms with Crippen LogP contribution in [0.4, 0.5) is 5.95 Å². The predicted octanol–water partition coefficient (Wildman–Crippen LogP) is 6.82. The van der Waals surface area contributed by atoms with Crippen molar-refractivity contribution in [3.8, 4) is 0 Å². The van der Waals surface area contributed by atoms with Gasteiger partial charge in [0.15, 0.2) is 10.3 Å². The van der Waals surface area contributed by atoms with Gasteiger partial charge in [0.2, 0.25) is 5.95 Å². The second-order valence-electron chi connectivity index (χ2n) is 6.71. The number of hydrogen-bond acceptors (Lipinski definition) is 6. The molecule has 0 saturated heterocycles. The molecule has 1 aromatic rings. The lowest BCUT2D eigenvalue weighted by atomic mass is 10.1. The van der Waals surface area contributed by atoms with E-state index in [4.69, 9.17) is 0 Å². The monoisotopic (exact) mass is 398 g/mol.